The second-order valence-electron chi connectivity index (χ2n) is 5.34. The molecule has 1 aliphatic carbocycles. The minimum Gasteiger partial charge on any atom is -0.374 e. The van der Waals surface area contributed by atoms with Gasteiger partial charge in [0.15, 0.2) is 0 Å². The van der Waals surface area contributed by atoms with E-state index in [0.717, 1.165) is 38.3 Å². The zero-order chi connectivity index (χ0) is 13.7. The quantitative estimate of drug-likeness (QED) is 0.747. The first kappa shape index (κ1) is 14.9. The monoisotopic (exact) mass is 282 g/mol. The molecule has 0 spiro atoms. The summed E-state index contributed by atoms with van der Waals surface area (Å²) in [6, 6.07) is 0.758. The lowest BCUT2D eigenvalue weighted by molar-refractivity contribution is 0.0946. The molecule has 0 radical (unpaired) electrons. The maximum absolute atomic E-state index is 5.59. The highest BCUT2D eigenvalue weighted by Gasteiger charge is 2.22. The van der Waals surface area contributed by atoms with Crippen LogP contribution in [0.15, 0.2) is 0 Å². The SMILES string of the molecule is CCCc1nc(C(CCC)OC)sc1CNC1CC1. The summed E-state index contributed by atoms with van der Waals surface area (Å²) in [4.78, 5) is 6.26. The fourth-order valence-electron chi connectivity index (χ4n) is 2.24. The molecule has 1 N–H and O–H groups in total. The van der Waals surface area contributed by atoms with Crippen LogP contribution in [-0.2, 0) is 17.7 Å². The van der Waals surface area contributed by atoms with Gasteiger partial charge in [-0.2, -0.15) is 0 Å². The van der Waals surface area contributed by atoms with Crippen molar-refractivity contribution in [3.8, 4) is 0 Å². The first-order chi connectivity index (χ1) is 9.28. The van der Waals surface area contributed by atoms with Gasteiger partial charge >= 0.3 is 0 Å². The van der Waals surface area contributed by atoms with Gasteiger partial charge in [-0.05, 0) is 25.7 Å². The predicted octanol–water partition coefficient (Wildman–Crippen LogP) is 3.84. The minimum absolute atomic E-state index is 0.181. The molecule has 0 aromatic carbocycles. The summed E-state index contributed by atoms with van der Waals surface area (Å²) in [5.41, 5.74) is 1.29. The van der Waals surface area contributed by atoms with Crippen molar-refractivity contribution in [1.29, 1.82) is 0 Å². The molecular weight excluding hydrogens is 256 g/mol. The van der Waals surface area contributed by atoms with Crippen LogP contribution in [0, 0.1) is 0 Å². The smallest absolute Gasteiger partial charge is 0.122 e. The van der Waals surface area contributed by atoms with E-state index in [2.05, 4.69) is 19.2 Å². The normalized spacial score (nSPS) is 16.8. The van der Waals surface area contributed by atoms with Gasteiger partial charge in [-0.15, -0.1) is 11.3 Å². The lowest BCUT2D eigenvalue weighted by Crippen LogP contribution is -2.15. The van der Waals surface area contributed by atoms with Crippen LogP contribution < -0.4 is 5.32 Å². The Hall–Kier alpha value is -0.450. The standard InChI is InChI=1S/C15H26N2OS/c1-4-6-12-14(10-16-11-8-9-11)19-15(17-12)13(18-3)7-5-2/h11,13,16H,4-10H2,1-3H3. The van der Waals surface area contributed by atoms with E-state index in [0.29, 0.717) is 0 Å². The highest BCUT2D eigenvalue weighted by Crippen LogP contribution is 2.30. The topological polar surface area (TPSA) is 34.1 Å². The number of aromatic nitrogens is 1. The summed E-state index contributed by atoms with van der Waals surface area (Å²) >= 11 is 1.84. The van der Waals surface area contributed by atoms with Crippen molar-refractivity contribution < 1.29 is 4.74 Å². The average molecular weight is 282 g/mol. The van der Waals surface area contributed by atoms with Crippen molar-refractivity contribution in [2.45, 2.75) is 71.1 Å². The van der Waals surface area contributed by atoms with Gasteiger partial charge in [-0.1, -0.05) is 26.7 Å². The van der Waals surface area contributed by atoms with E-state index >= 15 is 0 Å². The number of nitrogens with zero attached hydrogens (tertiary/aromatic N) is 1. The molecule has 108 valence electrons. The van der Waals surface area contributed by atoms with Crippen LogP contribution in [-0.4, -0.2) is 18.1 Å². The van der Waals surface area contributed by atoms with Gasteiger partial charge in [0.2, 0.25) is 0 Å². The number of thiazole rings is 1. The molecule has 1 unspecified atom stereocenters. The Bertz CT molecular complexity index is 387. The van der Waals surface area contributed by atoms with Gasteiger partial charge in [0.05, 0.1) is 5.69 Å². The van der Waals surface area contributed by atoms with Crippen molar-refractivity contribution in [2.75, 3.05) is 7.11 Å². The van der Waals surface area contributed by atoms with E-state index in [1.165, 1.54) is 28.4 Å². The number of methoxy groups -OCH3 is 1. The molecule has 1 aromatic heterocycles. The Kier molecular flexibility index (Phi) is 5.79. The van der Waals surface area contributed by atoms with Crippen LogP contribution >= 0.6 is 11.3 Å². The van der Waals surface area contributed by atoms with Gasteiger partial charge in [0.25, 0.3) is 0 Å². The van der Waals surface area contributed by atoms with Crippen molar-refractivity contribution in [2.24, 2.45) is 0 Å². The van der Waals surface area contributed by atoms with E-state index in [4.69, 9.17) is 9.72 Å². The van der Waals surface area contributed by atoms with E-state index in [-0.39, 0.29) is 6.10 Å². The lowest BCUT2D eigenvalue weighted by Gasteiger charge is -2.10. The summed E-state index contributed by atoms with van der Waals surface area (Å²) in [6.45, 7) is 5.40. The summed E-state index contributed by atoms with van der Waals surface area (Å²) < 4.78 is 5.59. The molecule has 1 fully saturated rings. The fraction of sp³-hybridized carbons (Fsp3) is 0.800. The summed E-state index contributed by atoms with van der Waals surface area (Å²) in [5.74, 6) is 0. The molecule has 4 heteroatoms. The third kappa shape index (κ3) is 4.26. The molecule has 0 amide bonds. The molecule has 0 bridgehead atoms. The van der Waals surface area contributed by atoms with Crippen molar-refractivity contribution in [1.82, 2.24) is 10.3 Å². The van der Waals surface area contributed by atoms with Crippen LogP contribution in [0.4, 0.5) is 0 Å². The minimum atomic E-state index is 0.181. The molecule has 3 nitrogen and oxygen atoms in total. The van der Waals surface area contributed by atoms with Crippen molar-refractivity contribution >= 4 is 11.3 Å². The van der Waals surface area contributed by atoms with Crippen LogP contribution in [0.2, 0.25) is 0 Å². The summed E-state index contributed by atoms with van der Waals surface area (Å²) in [5, 5.41) is 4.77. The molecule has 2 rings (SSSR count). The lowest BCUT2D eigenvalue weighted by atomic mass is 10.2. The Morgan fingerprint density at radius 1 is 1.37 bits per heavy atom. The van der Waals surface area contributed by atoms with E-state index < -0.39 is 0 Å². The number of ether oxygens (including phenoxy) is 1. The zero-order valence-electron chi connectivity index (χ0n) is 12.4. The molecule has 0 saturated heterocycles. The molecule has 19 heavy (non-hydrogen) atoms. The Balaban J connectivity index is 2.07. The van der Waals surface area contributed by atoms with Crippen molar-refractivity contribution in [3.63, 3.8) is 0 Å². The molecular formula is C15H26N2OS. The second kappa shape index (κ2) is 7.36. The number of rotatable bonds is 9. The van der Waals surface area contributed by atoms with Crippen LogP contribution in [0.1, 0.15) is 67.6 Å². The van der Waals surface area contributed by atoms with Crippen LogP contribution in [0.3, 0.4) is 0 Å². The van der Waals surface area contributed by atoms with Gasteiger partial charge in [-0.3, -0.25) is 0 Å². The van der Waals surface area contributed by atoms with Crippen molar-refractivity contribution in [3.05, 3.63) is 15.6 Å². The molecule has 1 saturated carbocycles. The third-order valence-electron chi connectivity index (χ3n) is 3.52. The fourth-order valence-corrected chi connectivity index (χ4v) is 3.41. The molecule has 1 heterocycles. The largest absolute Gasteiger partial charge is 0.374 e. The summed E-state index contributed by atoms with van der Waals surface area (Å²) in [6.07, 6.45) is 7.30. The van der Waals surface area contributed by atoms with Gasteiger partial charge in [0.1, 0.15) is 11.1 Å². The van der Waals surface area contributed by atoms with E-state index in [9.17, 15) is 0 Å². The van der Waals surface area contributed by atoms with Gasteiger partial charge in [0, 0.05) is 24.6 Å². The summed E-state index contributed by atoms with van der Waals surface area (Å²) in [7, 11) is 1.79. The second-order valence-corrected chi connectivity index (χ2v) is 6.46. The van der Waals surface area contributed by atoms with Crippen LogP contribution in [0.5, 0.6) is 0 Å². The maximum atomic E-state index is 5.59. The highest BCUT2D eigenvalue weighted by molar-refractivity contribution is 7.11. The molecule has 1 aromatic rings. The Morgan fingerprint density at radius 2 is 2.16 bits per heavy atom. The predicted molar refractivity (Wildman–Crippen MR) is 80.6 cm³/mol. The number of hydrogen-bond acceptors (Lipinski definition) is 4. The zero-order valence-corrected chi connectivity index (χ0v) is 13.2. The van der Waals surface area contributed by atoms with Crippen LogP contribution in [0.25, 0.3) is 0 Å². The van der Waals surface area contributed by atoms with Gasteiger partial charge < -0.3 is 10.1 Å². The first-order valence-electron chi connectivity index (χ1n) is 7.53. The Labute approximate surface area is 120 Å². The number of aryl methyl sites for hydroxylation is 1. The maximum Gasteiger partial charge on any atom is 0.122 e. The average Bonchev–Trinajstić information content (AvgIpc) is 3.16. The van der Waals surface area contributed by atoms with Gasteiger partial charge in [-0.25, -0.2) is 4.98 Å². The first-order valence-corrected chi connectivity index (χ1v) is 8.34. The molecule has 1 aliphatic rings. The molecule has 1 atom stereocenters. The highest BCUT2D eigenvalue weighted by atomic mass is 32.1. The third-order valence-corrected chi connectivity index (χ3v) is 4.71. The number of nitrogens with one attached hydrogen (secondary N) is 1. The number of hydrogen-bond donors (Lipinski definition) is 1. The Morgan fingerprint density at radius 3 is 2.74 bits per heavy atom. The van der Waals surface area contributed by atoms with E-state index in [1.54, 1.807) is 7.11 Å². The van der Waals surface area contributed by atoms with E-state index in [1.807, 2.05) is 11.3 Å². The molecule has 0 aliphatic heterocycles.